The van der Waals surface area contributed by atoms with Gasteiger partial charge in [-0.05, 0) is 52.1 Å². The first kappa shape index (κ1) is 14.9. The van der Waals surface area contributed by atoms with E-state index in [4.69, 9.17) is 4.74 Å². The Balaban J connectivity index is 2.98. The summed E-state index contributed by atoms with van der Waals surface area (Å²) in [5.74, 6) is 0. The van der Waals surface area contributed by atoms with E-state index in [1.807, 2.05) is 0 Å². The van der Waals surface area contributed by atoms with E-state index in [9.17, 15) is 0 Å². The highest BCUT2D eigenvalue weighted by molar-refractivity contribution is 4.50. The van der Waals surface area contributed by atoms with Crippen molar-refractivity contribution in [2.45, 2.75) is 65.4 Å². The second kappa shape index (κ2) is 12.0. The largest absolute Gasteiger partial charge is 0.379 e. The van der Waals surface area contributed by atoms with Crippen molar-refractivity contribution in [3.8, 4) is 0 Å². The predicted octanol–water partition coefficient (Wildman–Crippen LogP) is 3.36. The Kier molecular flexibility index (Phi) is 11.9. The SMILES string of the molecule is CCCNCCCCCOC(C)CCC. The van der Waals surface area contributed by atoms with Crippen molar-refractivity contribution in [3.05, 3.63) is 0 Å². The number of unbranched alkanes of at least 4 members (excludes halogenated alkanes) is 2. The van der Waals surface area contributed by atoms with Gasteiger partial charge in [0.25, 0.3) is 0 Å². The van der Waals surface area contributed by atoms with Crippen LogP contribution in [0.25, 0.3) is 0 Å². The van der Waals surface area contributed by atoms with Crippen molar-refractivity contribution in [2.24, 2.45) is 0 Å². The lowest BCUT2D eigenvalue weighted by atomic mass is 10.2. The molecule has 0 fully saturated rings. The van der Waals surface area contributed by atoms with Gasteiger partial charge in [-0.15, -0.1) is 0 Å². The van der Waals surface area contributed by atoms with Gasteiger partial charge < -0.3 is 10.1 Å². The van der Waals surface area contributed by atoms with Gasteiger partial charge in [0.1, 0.15) is 0 Å². The van der Waals surface area contributed by atoms with Crippen molar-refractivity contribution in [1.82, 2.24) is 5.32 Å². The first-order valence-electron chi connectivity index (χ1n) is 6.63. The molecule has 0 aromatic rings. The fourth-order valence-corrected chi connectivity index (χ4v) is 1.60. The van der Waals surface area contributed by atoms with Crippen molar-refractivity contribution < 1.29 is 4.74 Å². The molecule has 15 heavy (non-hydrogen) atoms. The summed E-state index contributed by atoms with van der Waals surface area (Å²) in [5, 5.41) is 3.41. The number of nitrogens with one attached hydrogen (secondary N) is 1. The van der Waals surface area contributed by atoms with Gasteiger partial charge in [0, 0.05) is 6.61 Å². The van der Waals surface area contributed by atoms with E-state index >= 15 is 0 Å². The Labute approximate surface area is 95.8 Å². The number of ether oxygens (including phenoxy) is 1. The van der Waals surface area contributed by atoms with Crippen molar-refractivity contribution in [2.75, 3.05) is 19.7 Å². The third-order valence-electron chi connectivity index (χ3n) is 2.52. The molecule has 0 aliphatic rings. The average molecular weight is 215 g/mol. The fraction of sp³-hybridized carbons (Fsp3) is 1.00. The van der Waals surface area contributed by atoms with Gasteiger partial charge >= 0.3 is 0 Å². The molecule has 2 nitrogen and oxygen atoms in total. The Bertz CT molecular complexity index is 117. The van der Waals surface area contributed by atoms with Crippen LogP contribution in [0, 0.1) is 0 Å². The lowest BCUT2D eigenvalue weighted by Crippen LogP contribution is -2.16. The second-order valence-corrected chi connectivity index (χ2v) is 4.28. The van der Waals surface area contributed by atoms with E-state index in [-0.39, 0.29) is 0 Å². The van der Waals surface area contributed by atoms with Gasteiger partial charge in [-0.3, -0.25) is 0 Å². The zero-order chi connectivity index (χ0) is 11.4. The molecule has 0 amide bonds. The molecule has 2 heteroatoms. The third-order valence-corrected chi connectivity index (χ3v) is 2.52. The van der Waals surface area contributed by atoms with Crippen molar-refractivity contribution in [3.63, 3.8) is 0 Å². The Morgan fingerprint density at radius 2 is 1.80 bits per heavy atom. The fourth-order valence-electron chi connectivity index (χ4n) is 1.60. The van der Waals surface area contributed by atoms with Crippen molar-refractivity contribution >= 4 is 0 Å². The van der Waals surface area contributed by atoms with Crippen LogP contribution >= 0.6 is 0 Å². The summed E-state index contributed by atoms with van der Waals surface area (Å²) in [6, 6.07) is 0. The molecule has 0 aromatic heterocycles. The first-order valence-corrected chi connectivity index (χ1v) is 6.63. The molecule has 0 spiro atoms. The number of rotatable bonds is 11. The monoisotopic (exact) mass is 215 g/mol. The highest BCUT2D eigenvalue weighted by Crippen LogP contribution is 2.03. The molecular formula is C13H29NO. The zero-order valence-corrected chi connectivity index (χ0v) is 10.8. The van der Waals surface area contributed by atoms with Gasteiger partial charge in [0.05, 0.1) is 6.10 Å². The number of hydrogen-bond donors (Lipinski definition) is 1. The molecule has 0 aliphatic heterocycles. The van der Waals surface area contributed by atoms with Crippen LogP contribution in [0.3, 0.4) is 0 Å². The van der Waals surface area contributed by atoms with Crippen LogP contribution in [0.5, 0.6) is 0 Å². The van der Waals surface area contributed by atoms with Gasteiger partial charge in [-0.25, -0.2) is 0 Å². The second-order valence-electron chi connectivity index (χ2n) is 4.28. The van der Waals surface area contributed by atoms with E-state index in [2.05, 4.69) is 26.1 Å². The molecule has 0 bridgehead atoms. The first-order chi connectivity index (χ1) is 7.31. The predicted molar refractivity (Wildman–Crippen MR) is 67.3 cm³/mol. The minimum absolute atomic E-state index is 0.452. The van der Waals surface area contributed by atoms with Crippen LogP contribution in [0.4, 0.5) is 0 Å². The van der Waals surface area contributed by atoms with Gasteiger partial charge in [0.15, 0.2) is 0 Å². The summed E-state index contributed by atoms with van der Waals surface area (Å²) >= 11 is 0. The van der Waals surface area contributed by atoms with Gasteiger partial charge in [-0.2, -0.15) is 0 Å². The summed E-state index contributed by atoms with van der Waals surface area (Å²) in [5.41, 5.74) is 0. The van der Waals surface area contributed by atoms with E-state index < -0.39 is 0 Å². The summed E-state index contributed by atoms with van der Waals surface area (Å²) < 4.78 is 5.69. The minimum atomic E-state index is 0.452. The summed E-state index contributed by atoms with van der Waals surface area (Å²) in [4.78, 5) is 0. The Hall–Kier alpha value is -0.0800. The maximum Gasteiger partial charge on any atom is 0.0546 e. The number of hydrogen-bond acceptors (Lipinski definition) is 2. The summed E-state index contributed by atoms with van der Waals surface area (Å²) in [7, 11) is 0. The highest BCUT2D eigenvalue weighted by Gasteiger charge is 1.99. The highest BCUT2D eigenvalue weighted by atomic mass is 16.5. The molecule has 0 aliphatic carbocycles. The molecule has 0 aromatic carbocycles. The van der Waals surface area contributed by atoms with E-state index in [1.54, 1.807) is 0 Å². The topological polar surface area (TPSA) is 21.3 Å². The molecule has 0 heterocycles. The Morgan fingerprint density at radius 3 is 2.47 bits per heavy atom. The van der Waals surface area contributed by atoms with Crippen molar-refractivity contribution in [1.29, 1.82) is 0 Å². The van der Waals surface area contributed by atoms with Crippen LogP contribution < -0.4 is 5.32 Å². The third kappa shape index (κ3) is 11.8. The maximum absolute atomic E-state index is 5.69. The Morgan fingerprint density at radius 1 is 1.00 bits per heavy atom. The van der Waals surface area contributed by atoms with E-state index in [1.165, 1.54) is 45.1 Å². The quantitative estimate of drug-likeness (QED) is 0.534. The van der Waals surface area contributed by atoms with E-state index in [0.717, 1.165) is 13.2 Å². The summed E-state index contributed by atoms with van der Waals surface area (Å²) in [6.45, 7) is 9.85. The van der Waals surface area contributed by atoms with Crippen LogP contribution in [0.15, 0.2) is 0 Å². The average Bonchev–Trinajstić information content (AvgIpc) is 2.22. The molecule has 0 radical (unpaired) electrons. The zero-order valence-electron chi connectivity index (χ0n) is 10.8. The van der Waals surface area contributed by atoms with Gasteiger partial charge in [-0.1, -0.05) is 20.3 Å². The molecule has 92 valence electrons. The van der Waals surface area contributed by atoms with Crippen LogP contribution in [-0.2, 0) is 4.74 Å². The smallest absolute Gasteiger partial charge is 0.0546 e. The van der Waals surface area contributed by atoms with Crippen LogP contribution in [0.2, 0.25) is 0 Å². The summed E-state index contributed by atoms with van der Waals surface area (Å²) in [6.07, 6.45) is 7.88. The van der Waals surface area contributed by atoms with Crippen LogP contribution in [-0.4, -0.2) is 25.8 Å². The lowest BCUT2D eigenvalue weighted by molar-refractivity contribution is 0.0571. The minimum Gasteiger partial charge on any atom is -0.379 e. The molecule has 1 N–H and O–H groups in total. The molecule has 0 saturated carbocycles. The maximum atomic E-state index is 5.69. The van der Waals surface area contributed by atoms with Crippen LogP contribution in [0.1, 0.15) is 59.3 Å². The molecule has 0 saturated heterocycles. The standard InChI is InChI=1S/C13H29NO/c1-4-9-13(3)15-12-8-6-7-11-14-10-5-2/h13-14H,4-12H2,1-3H3. The lowest BCUT2D eigenvalue weighted by Gasteiger charge is -2.11. The normalized spacial score (nSPS) is 13.0. The van der Waals surface area contributed by atoms with Gasteiger partial charge in [0.2, 0.25) is 0 Å². The molecule has 0 rings (SSSR count). The molecule has 1 atom stereocenters. The van der Waals surface area contributed by atoms with E-state index in [0.29, 0.717) is 6.10 Å². The molecule has 1 unspecified atom stereocenters. The molecular weight excluding hydrogens is 186 g/mol.